The van der Waals surface area contributed by atoms with Crippen molar-refractivity contribution in [1.82, 2.24) is 5.43 Å². The van der Waals surface area contributed by atoms with Gasteiger partial charge in [-0.3, -0.25) is 9.59 Å². The minimum Gasteiger partial charge on any atom is -0.321 e. The number of alkyl halides is 7. The normalized spacial score (nSPS) is 12.9. The highest BCUT2D eigenvalue weighted by molar-refractivity contribution is 6.30. The zero-order valence-corrected chi connectivity index (χ0v) is 17.4. The van der Waals surface area contributed by atoms with Gasteiger partial charge in [-0.25, -0.2) is 5.43 Å². The molecule has 0 atom stereocenters. The van der Waals surface area contributed by atoms with Gasteiger partial charge in [0, 0.05) is 10.7 Å². The third-order valence-corrected chi connectivity index (χ3v) is 4.47. The Kier molecular flexibility index (Phi) is 7.73. The van der Waals surface area contributed by atoms with Gasteiger partial charge in [-0.05, 0) is 42.3 Å². The van der Waals surface area contributed by atoms with Gasteiger partial charge in [0.2, 0.25) is 5.91 Å². The molecule has 13 heteroatoms. The Morgan fingerprint density at radius 1 is 0.909 bits per heavy atom. The number of rotatable bonds is 7. The van der Waals surface area contributed by atoms with Gasteiger partial charge < -0.3 is 5.32 Å². The molecular formula is C20H15ClF7N3O2. The Bertz CT molecular complexity index is 1040. The minimum atomic E-state index is -6.62. The van der Waals surface area contributed by atoms with Gasteiger partial charge in [-0.1, -0.05) is 35.9 Å². The summed E-state index contributed by atoms with van der Waals surface area (Å²) >= 11 is 5.76. The number of carbonyl (C=O) groups excluding carboxylic acids is 2. The Morgan fingerprint density at radius 3 is 1.97 bits per heavy atom. The lowest BCUT2D eigenvalue weighted by Gasteiger charge is -2.27. The number of halogens is 8. The molecule has 0 saturated heterocycles. The molecule has 0 unspecified atom stereocenters. The van der Waals surface area contributed by atoms with Crippen LogP contribution in [0.4, 0.5) is 36.4 Å². The van der Waals surface area contributed by atoms with Gasteiger partial charge in [-0.2, -0.15) is 35.8 Å². The van der Waals surface area contributed by atoms with E-state index in [1.165, 1.54) is 24.4 Å². The average molecular weight is 498 g/mol. The summed E-state index contributed by atoms with van der Waals surface area (Å²) in [5.41, 5.74) is 3.12. The van der Waals surface area contributed by atoms with Crippen LogP contribution in [-0.2, 0) is 16.0 Å². The number of amides is 2. The molecule has 0 aromatic heterocycles. The molecule has 0 heterocycles. The summed E-state index contributed by atoms with van der Waals surface area (Å²) in [4.78, 5) is 23.3. The highest BCUT2D eigenvalue weighted by Gasteiger charge is 2.76. The third kappa shape index (κ3) is 6.21. The zero-order valence-electron chi connectivity index (χ0n) is 16.6. The smallest absolute Gasteiger partial charge is 0.321 e. The van der Waals surface area contributed by atoms with Crippen molar-refractivity contribution < 1.29 is 40.3 Å². The van der Waals surface area contributed by atoms with Crippen LogP contribution in [0.1, 0.15) is 18.1 Å². The van der Waals surface area contributed by atoms with Gasteiger partial charge in [0.05, 0.1) is 12.1 Å². The van der Waals surface area contributed by atoms with E-state index in [-0.39, 0.29) is 12.1 Å². The van der Waals surface area contributed by atoms with Crippen molar-refractivity contribution in [2.45, 2.75) is 31.4 Å². The fourth-order valence-electron chi connectivity index (χ4n) is 2.36. The van der Waals surface area contributed by atoms with Crippen LogP contribution in [0.2, 0.25) is 5.02 Å². The number of benzene rings is 2. The van der Waals surface area contributed by atoms with E-state index < -0.39 is 35.5 Å². The second-order valence-corrected chi connectivity index (χ2v) is 7.15. The Morgan fingerprint density at radius 2 is 1.45 bits per heavy atom. The minimum absolute atomic E-state index is 0.00961. The van der Waals surface area contributed by atoms with E-state index in [9.17, 15) is 40.3 Å². The summed E-state index contributed by atoms with van der Waals surface area (Å²) in [5.74, 6) is -15.9. The number of hydrogen-bond donors (Lipinski definition) is 2. The second kappa shape index (κ2) is 9.77. The summed E-state index contributed by atoms with van der Waals surface area (Å²) in [6, 6.07) is 10.9. The first-order valence-electron chi connectivity index (χ1n) is 8.97. The van der Waals surface area contributed by atoms with Crippen molar-refractivity contribution in [3.8, 4) is 0 Å². The lowest BCUT2D eigenvalue weighted by atomic mass is 10.1. The van der Waals surface area contributed by atoms with Crippen molar-refractivity contribution in [1.29, 1.82) is 0 Å². The van der Waals surface area contributed by atoms with E-state index >= 15 is 0 Å². The van der Waals surface area contributed by atoms with Crippen LogP contribution in [0, 0.1) is 0 Å². The van der Waals surface area contributed by atoms with Crippen molar-refractivity contribution in [3.05, 3.63) is 64.7 Å². The molecule has 0 radical (unpaired) electrons. The van der Waals surface area contributed by atoms with Gasteiger partial charge >= 0.3 is 23.9 Å². The maximum Gasteiger partial charge on any atom is 0.460 e. The van der Waals surface area contributed by atoms with Crippen LogP contribution in [0.15, 0.2) is 53.6 Å². The van der Waals surface area contributed by atoms with E-state index in [2.05, 4.69) is 10.5 Å². The monoisotopic (exact) mass is 497 g/mol. The highest BCUT2D eigenvalue weighted by atomic mass is 35.5. The fraction of sp³-hybridized carbons (Fsp3) is 0.250. The van der Waals surface area contributed by atoms with Crippen LogP contribution in [0.25, 0.3) is 0 Å². The molecule has 5 nitrogen and oxygen atoms in total. The number of anilines is 1. The summed E-state index contributed by atoms with van der Waals surface area (Å²) in [7, 11) is 0. The van der Waals surface area contributed by atoms with Crippen LogP contribution in [-0.4, -0.2) is 35.5 Å². The first-order valence-corrected chi connectivity index (χ1v) is 9.35. The lowest BCUT2D eigenvalue weighted by molar-refractivity contribution is -0.343. The lowest BCUT2D eigenvalue weighted by Crippen LogP contribution is -2.57. The van der Waals surface area contributed by atoms with Crippen LogP contribution < -0.4 is 10.7 Å². The second-order valence-electron chi connectivity index (χ2n) is 6.71. The average Bonchev–Trinajstić information content (AvgIpc) is 2.73. The Hall–Kier alpha value is -3.15. The molecule has 2 aromatic carbocycles. The van der Waals surface area contributed by atoms with Crippen molar-refractivity contribution >= 4 is 34.8 Å². The van der Waals surface area contributed by atoms with Crippen LogP contribution >= 0.6 is 11.6 Å². The van der Waals surface area contributed by atoms with E-state index in [1.54, 1.807) is 24.3 Å². The number of nitrogens with zero attached hydrogens (tertiary/aromatic N) is 1. The molecule has 33 heavy (non-hydrogen) atoms. The highest BCUT2D eigenvalue weighted by Crippen LogP contribution is 2.46. The van der Waals surface area contributed by atoms with Gasteiger partial charge in [0.25, 0.3) is 0 Å². The molecule has 0 aliphatic heterocycles. The maximum atomic E-state index is 13.4. The number of carbonyl (C=O) groups is 2. The number of nitrogens with one attached hydrogen (secondary N) is 2. The quantitative estimate of drug-likeness (QED) is 0.314. The predicted octanol–water partition coefficient (Wildman–Crippen LogP) is 5.19. The van der Waals surface area contributed by atoms with Crippen LogP contribution in [0.3, 0.4) is 0 Å². The molecule has 0 bridgehead atoms. The maximum absolute atomic E-state index is 13.4. The fourth-order valence-corrected chi connectivity index (χ4v) is 2.49. The van der Waals surface area contributed by atoms with Gasteiger partial charge in [-0.15, -0.1) is 0 Å². The standard InChI is InChI=1S/C20H15ClF7N3O2/c1-11(30-31-16(32)10-12-2-6-14(21)7-3-12)13-4-8-15(9-5-13)29-17(33)18(22,23)19(24,25)20(26,27)28/h2-9H,10H2,1H3,(H,29,33)(H,31,32)/b30-11-. The zero-order chi connectivity index (χ0) is 25.0. The summed E-state index contributed by atoms with van der Waals surface area (Å²) in [5, 5.41) is 5.68. The number of hydrogen-bond acceptors (Lipinski definition) is 3. The first kappa shape index (κ1) is 26.1. The topological polar surface area (TPSA) is 70.6 Å². The molecule has 0 aliphatic rings. The summed E-state index contributed by atoms with van der Waals surface area (Å²) in [6.07, 6.45) is -6.61. The molecule has 2 amide bonds. The Labute approximate surface area is 187 Å². The molecule has 0 spiro atoms. The van der Waals surface area contributed by atoms with E-state index in [1.807, 2.05) is 0 Å². The first-order chi connectivity index (χ1) is 15.1. The molecule has 2 aromatic rings. The van der Waals surface area contributed by atoms with Crippen molar-refractivity contribution in [3.63, 3.8) is 0 Å². The molecule has 2 rings (SSSR count). The molecule has 0 aliphatic carbocycles. The van der Waals surface area contributed by atoms with E-state index in [4.69, 9.17) is 11.6 Å². The third-order valence-electron chi connectivity index (χ3n) is 4.22. The largest absolute Gasteiger partial charge is 0.460 e. The predicted molar refractivity (Wildman–Crippen MR) is 107 cm³/mol. The number of hydrazone groups is 1. The SMILES string of the molecule is C/C(=N/NC(=O)Cc1ccc(Cl)cc1)c1ccc(NC(=O)C(F)(F)C(F)(F)C(F)(F)F)cc1. The summed E-state index contributed by atoms with van der Waals surface area (Å²) in [6.45, 7) is 1.48. The molecular weight excluding hydrogens is 483 g/mol. The van der Waals surface area contributed by atoms with Gasteiger partial charge in [0.15, 0.2) is 0 Å². The molecule has 0 fully saturated rings. The van der Waals surface area contributed by atoms with Gasteiger partial charge in [0.1, 0.15) is 0 Å². The summed E-state index contributed by atoms with van der Waals surface area (Å²) < 4.78 is 89.2. The van der Waals surface area contributed by atoms with Crippen LogP contribution in [0.5, 0.6) is 0 Å². The van der Waals surface area contributed by atoms with Crippen molar-refractivity contribution in [2.75, 3.05) is 5.32 Å². The Balaban J connectivity index is 2.01. The van der Waals surface area contributed by atoms with E-state index in [0.29, 0.717) is 16.1 Å². The molecule has 178 valence electrons. The molecule has 0 saturated carbocycles. The van der Waals surface area contributed by atoms with E-state index in [0.717, 1.165) is 12.1 Å². The molecule has 2 N–H and O–H groups in total. The van der Waals surface area contributed by atoms with Crippen molar-refractivity contribution in [2.24, 2.45) is 5.10 Å².